The van der Waals surface area contributed by atoms with E-state index >= 15 is 0 Å². The van der Waals surface area contributed by atoms with Crippen LogP contribution in [0.2, 0.25) is 39.3 Å². The molecule has 0 saturated heterocycles. The van der Waals surface area contributed by atoms with Crippen LogP contribution in [0.3, 0.4) is 0 Å². The molecule has 5 heteroatoms. The molecule has 11 aromatic carbocycles. The number of aromatic nitrogens is 1. The molecule has 0 spiro atoms. The molecule has 0 unspecified atom stereocenters. The molecule has 0 aliphatic rings. The van der Waals surface area contributed by atoms with Gasteiger partial charge in [0.15, 0.2) is 0 Å². The van der Waals surface area contributed by atoms with Gasteiger partial charge >= 0.3 is 0 Å². The minimum atomic E-state index is -1.59. The zero-order valence-corrected chi connectivity index (χ0v) is 49.0. The number of fused-ring (bicyclic) bond motifs is 10. The van der Waals surface area contributed by atoms with Crippen molar-refractivity contribution in [1.82, 2.24) is 4.57 Å². The zero-order valence-electron chi connectivity index (χ0n) is 47.0. The van der Waals surface area contributed by atoms with Gasteiger partial charge in [0.1, 0.15) is 0 Å². The first-order valence-electron chi connectivity index (χ1n) is 27.6. The Balaban J connectivity index is 1.25. The van der Waals surface area contributed by atoms with Crippen LogP contribution in [-0.2, 0) is 10.8 Å². The van der Waals surface area contributed by atoms with E-state index in [1.165, 1.54) is 75.4 Å². The molecule has 12 aromatic rings. The Morgan fingerprint density at radius 1 is 0.325 bits per heavy atom. The van der Waals surface area contributed by atoms with Crippen LogP contribution in [0.25, 0.3) is 70.6 Å². The highest BCUT2D eigenvalue weighted by Gasteiger charge is 2.28. The highest BCUT2D eigenvalue weighted by Crippen LogP contribution is 2.51. The first kappa shape index (κ1) is 50.1. The van der Waals surface area contributed by atoms with E-state index in [0.717, 1.165) is 50.8 Å². The normalized spacial score (nSPS) is 12.7. The topological polar surface area (TPSA) is 11.4 Å². The summed E-state index contributed by atoms with van der Waals surface area (Å²) in [5.41, 5.74) is 12.9. The summed E-state index contributed by atoms with van der Waals surface area (Å²) in [6.07, 6.45) is 0. The molecule has 1 heterocycles. The van der Waals surface area contributed by atoms with E-state index in [9.17, 15) is 0 Å². The highest BCUT2D eigenvalue weighted by atomic mass is 28.3. The Morgan fingerprint density at radius 2 is 0.649 bits per heavy atom. The first-order chi connectivity index (χ1) is 36.7. The molecular weight excluding hydrogens is 963 g/mol. The zero-order chi connectivity index (χ0) is 53.8. The largest absolute Gasteiger partial charge is 0.310 e. The molecule has 0 bridgehead atoms. The molecule has 0 radical (unpaired) electrons. The molecule has 0 aliphatic heterocycles. The maximum absolute atomic E-state index is 2.62. The fraction of sp³-hybridized carbons (Fsp3) is 0.194. The van der Waals surface area contributed by atoms with Crippen molar-refractivity contribution in [2.24, 2.45) is 0 Å². The van der Waals surface area contributed by atoms with Crippen molar-refractivity contribution in [2.45, 2.75) is 91.7 Å². The van der Waals surface area contributed by atoms with Gasteiger partial charge in [0.05, 0.1) is 44.2 Å². The third-order valence-corrected chi connectivity index (χ3v) is 20.3. The summed E-state index contributed by atoms with van der Waals surface area (Å²) in [4.78, 5) is 5.03. The van der Waals surface area contributed by atoms with E-state index in [1.807, 2.05) is 0 Å². The Kier molecular flexibility index (Phi) is 12.0. The van der Waals surface area contributed by atoms with E-state index in [1.54, 1.807) is 0 Å². The molecule has 12 rings (SSSR count). The van der Waals surface area contributed by atoms with Gasteiger partial charge in [0.2, 0.25) is 0 Å². The average Bonchev–Trinajstić information content (AvgIpc) is 3.74. The number of rotatable bonds is 9. The van der Waals surface area contributed by atoms with Gasteiger partial charge in [-0.3, -0.25) is 0 Å². The van der Waals surface area contributed by atoms with E-state index in [-0.39, 0.29) is 10.8 Å². The van der Waals surface area contributed by atoms with E-state index < -0.39 is 16.1 Å². The van der Waals surface area contributed by atoms with Crippen molar-refractivity contribution in [2.75, 3.05) is 9.80 Å². The Bertz CT molecular complexity index is 3890. The summed E-state index contributed by atoms with van der Waals surface area (Å²) < 4.78 is 2.62. The summed E-state index contributed by atoms with van der Waals surface area (Å²) >= 11 is 0. The Morgan fingerprint density at radius 3 is 1.03 bits per heavy atom. The smallest absolute Gasteiger partial charge is 0.0775 e. The lowest BCUT2D eigenvalue weighted by Crippen LogP contribution is -2.37. The molecule has 0 atom stereocenters. The van der Waals surface area contributed by atoms with Gasteiger partial charge in [-0.2, -0.15) is 0 Å². The van der Waals surface area contributed by atoms with Crippen LogP contribution in [0, 0.1) is 0 Å². The highest BCUT2D eigenvalue weighted by molar-refractivity contribution is 6.89. The maximum Gasteiger partial charge on any atom is 0.0775 e. The molecule has 0 saturated carbocycles. The lowest BCUT2D eigenvalue weighted by molar-refractivity contribution is 0.590. The van der Waals surface area contributed by atoms with Crippen LogP contribution >= 0.6 is 0 Å². The predicted molar refractivity (Wildman–Crippen MR) is 344 cm³/mol. The second kappa shape index (κ2) is 18.5. The van der Waals surface area contributed by atoms with Gasteiger partial charge in [-0.05, 0) is 116 Å². The lowest BCUT2D eigenvalue weighted by atomic mass is 9.87. The standard InChI is InChI=1S/C72H71N3Si2/c1-71(2,3)49-29-33-51(34-30-49)73(53-37-41-55(42-38-53)76(7,8)9)65-46-67-69(62-27-19-17-25-60(62)65)70-63-28-20-18-26-61(63)66(47-68(70)75(67)64-45-48-21-13-14-22-57(48)58-23-15-16-24-59(58)64)74(52-35-31-50(32-36-52)72(4,5)6)54-39-43-56(44-40-54)77(10,11)12/h13-47H,1-12H3. The average molecular weight is 1030 g/mol. The summed E-state index contributed by atoms with van der Waals surface area (Å²) in [5, 5.41) is 15.1. The quantitative estimate of drug-likeness (QED) is 0.105. The third kappa shape index (κ3) is 8.84. The molecule has 1 aromatic heterocycles. The van der Waals surface area contributed by atoms with Crippen LogP contribution in [0.4, 0.5) is 34.1 Å². The number of hydrogen-bond acceptors (Lipinski definition) is 2. The van der Waals surface area contributed by atoms with Gasteiger partial charge in [0, 0.05) is 49.7 Å². The van der Waals surface area contributed by atoms with Crippen LogP contribution in [0.15, 0.2) is 212 Å². The van der Waals surface area contributed by atoms with Crippen LogP contribution in [0.5, 0.6) is 0 Å². The summed E-state index contributed by atoms with van der Waals surface area (Å²) in [7, 11) is -3.18. The number of nitrogens with zero attached hydrogens (tertiary/aromatic N) is 3. The van der Waals surface area contributed by atoms with Crippen molar-refractivity contribution in [3.05, 3.63) is 223 Å². The fourth-order valence-corrected chi connectivity index (χ4v) is 14.2. The van der Waals surface area contributed by atoms with Gasteiger partial charge in [0.25, 0.3) is 0 Å². The SMILES string of the molecule is CC(C)(C)c1ccc(N(c2ccc([Si](C)(C)C)cc2)c2cc3c(c4ccccc24)c2c4ccccc4c(N(c4ccc(C(C)(C)C)cc4)c4ccc([Si](C)(C)C)cc4)cc2n3-c2cc3ccccc3c3ccccc23)cc1. The maximum atomic E-state index is 2.62. The minimum absolute atomic E-state index is 0.0159. The molecule has 382 valence electrons. The monoisotopic (exact) mass is 1030 g/mol. The molecule has 0 N–H and O–H groups in total. The number of hydrogen-bond donors (Lipinski definition) is 0. The summed E-state index contributed by atoms with van der Waals surface area (Å²) in [6.45, 7) is 28.4. The minimum Gasteiger partial charge on any atom is -0.310 e. The summed E-state index contributed by atoms with van der Waals surface area (Å²) in [5.74, 6) is 0. The van der Waals surface area contributed by atoms with Crippen molar-refractivity contribution < 1.29 is 0 Å². The van der Waals surface area contributed by atoms with E-state index in [0.29, 0.717) is 0 Å². The molecule has 3 nitrogen and oxygen atoms in total. The third-order valence-electron chi connectivity index (χ3n) is 16.2. The van der Waals surface area contributed by atoms with Gasteiger partial charge < -0.3 is 14.4 Å². The van der Waals surface area contributed by atoms with E-state index in [2.05, 4.69) is 308 Å². The fourth-order valence-electron chi connectivity index (χ4n) is 11.8. The second-order valence-corrected chi connectivity index (χ2v) is 35.7. The Labute approximate surface area is 458 Å². The second-order valence-electron chi connectivity index (χ2n) is 25.5. The molecular formula is C72H71N3Si2. The molecule has 77 heavy (non-hydrogen) atoms. The molecule has 0 aliphatic carbocycles. The van der Waals surface area contributed by atoms with Crippen molar-refractivity contribution in [3.8, 4) is 5.69 Å². The van der Waals surface area contributed by atoms with Gasteiger partial charge in [-0.1, -0.05) is 237 Å². The Hall–Kier alpha value is -7.71. The van der Waals surface area contributed by atoms with Gasteiger partial charge in [-0.15, -0.1) is 0 Å². The van der Waals surface area contributed by atoms with Crippen LogP contribution in [0.1, 0.15) is 52.7 Å². The molecule has 0 fully saturated rings. The lowest BCUT2D eigenvalue weighted by Gasteiger charge is -2.29. The summed E-state index contributed by atoms with van der Waals surface area (Å²) in [6, 6.07) is 81.3. The molecule has 0 amide bonds. The van der Waals surface area contributed by atoms with Crippen molar-refractivity contribution in [1.29, 1.82) is 0 Å². The van der Waals surface area contributed by atoms with Crippen molar-refractivity contribution in [3.63, 3.8) is 0 Å². The van der Waals surface area contributed by atoms with Crippen LogP contribution < -0.4 is 20.2 Å². The van der Waals surface area contributed by atoms with E-state index in [4.69, 9.17) is 0 Å². The van der Waals surface area contributed by atoms with Gasteiger partial charge in [-0.25, -0.2) is 0 Å². The van der Waals surface area contributed by atoms with Crippen LogP contribution in [-0.4, -0.2) is 20.7 Å². The predicted octanol–water partition coefficient (Wildman–Crippen LogP) is 20.0. The first-order valence-corrected chi connectivity index (χ1v) is 34.6. The number of anilines is 6. The van der Waals surface area contributed by atoms with Crippen molar-refractivity contribution >= 4 is 126 Å². The number of benzene rings is 11.